The molecule has 2 aromatic heterocycles. The predicted molar refractivity (Wildman–Crippen MR) is 123 cm³/mol. The highest BCUT2D eigenvalue weighted by atomic mass is 19.1. The summed E-state index contributed by atoms with van der Waals surface area (Å²) in [4.78, 5) is 25.1. The van der Waals surface area contributed by atoms with Crippen molar-refractivity contribution in [3.63, 3.8) is 0 Å². The summed E-state index contributed by atoms with van der Waals surface area (Å²) in [7, 11) is 0. The van der Waals surface area contributed by atoms with E-state index < -0.39 is 18.0 Å². The Kier molecular flexibility index (Phi) is 6.46. The lowest BCUT2D eigenvalue weighted by Crippen LogP contribution is -2.32. The van der Waals surface area contributed by atoms with Crippen molar-refractivity contribution in [3.8, 4) is 0 Å². The Morgan fingerprint density at radius 3 is 2.54 bits per heavy atom. The summed E-state index contributed by atoms with van der Waals surface area (Å²) < 4.78 is 49.2. The second-order valence-corrected chi connectivity index (χ2v) is 8.98. The van der Waals surface area contributed by atoms with E-state index in [1.807, 2.05) is 0 Å². The minimum atomic E-state index is -1.34. The van der Waals surface area contributed by atoms with Gasteiger partial charge < -0.3 is 21.1 Å². The first-order chi connectivity index (χ1) is 16.9. The number of ether oxygens (including phenoxy) is 1. The van der Waals surface area contributed by atoms with Gasteiger partial charge in [-0.3, -0.25) is 9.36 Å². The van der Waals surface area contributed by atoms with Crippen molar-refractivity contribution in [2.45, 2.75) is 57.0 Å². The molecule has 0 radical (unpaired) electrons. The maximum absolute atomic E-state index is 14.4. The highest BCUT2D eigenvalue weighted by molar-refractivity contribution is 5.78. The van der Waals surface area contributed by atoms with Gasteiger partial charge in [-0.05, 0) is 44.2 Å². The number of halogens is 3. The van der Waals surface area contributed by atoms with E-state index in [2.05, 4.69) is 25.6 Å². The molecule has 3 heterocycles. The van der Waals surface area contributed by atoms with Crippen LogP contribution in [0.3, 0.4) is 0 Å². The van der Waals surface area contributed by atoms with Gasteiger partial charge in [0.25, 0.3) is 0 Å². The zero-order chi connectivity index (χ0) is 24.5. The number of nitrogens with zero attached hydrogens (tertiary/aromatic N) is 4. The molecule has 5 rings (SSSR count). The number of hydrogen-bond donors (Lipinski definition) is 3. The molecule has 1 saturated heterocycles. The number of para-hydroxylation sites is 1. The van der Waals surface area contributed by atoms with Crippen molar-refractivity contribution in [2.75, 3.05) is 17.2 Å². The number of alkyl halides is 1. The Balaban J connectivity index is 1.51. The predicted octanol–water partition coefficient (Wildman–Crippen LogP) is 3.95. The van der Waals surface area contributed by atoms with E-state index in [9.17, 15) is 18.0 Å². The molecule has 4 N–H and O–H groups in total. The zero-order valence-corrected chi connectivity index (χ0v) is 18.9. The fourth-order valence-corrected chi connectivity index (χ4v) is 4.80. The molecule has 0 spiro atoms. The summed E-state index contributed by atoms with van der Waals surface area (Å²) in [5.74, 6) is -1.54. The van der Waals surface area contributed by atoms with Gasteiger partial charge in [0.1, 0.15) is 22.8 Å². The fourth-order valence-electron chi connectivity index (χ4n) is 4.80. The molecule has 0 unspecified atom stereocenters. The van der Waals surface area contributed by atoms with Crippen LogP contribution in [-0.2, 0) is 9.53 Å². The molecule has 1 aromatic carbocycles. The third kappa shape index (κ3) is 4.88. The average Bonchev–Trinajstić information content (AvgIpc) is 3.19. The molecule has 1 aliphatic heterocycles. The van der Waals surface area contributed by atoms with Gasteiger partial charge in [-0.1, -0.05) is 6.07 Å². The van der Waals surface area contributed by atoms with Crippen molar-refractivity contribution >= 4 is 34.7 Å². The molecule has 2 aliphatic rings. The van der Waals surface area contributed by atoms with Gasteiger partial charge in [0.15, 0.2) is 5.65 Å². The van der Waals surface area contributed by atoms with Gasteiger partial charge in [-0.15, -0.1) is 0 Å². The number of hydrogen-bond acceptors (Lipinski definition) is 7. The number of fused-ring (bicyclic) bond motifs is 1. The average molecular weight is 490 g/mol. The van der Waals surface area contributed by atoms with Gasteiger partial charge >= 0.3 is 0 Å². The van der Waals surface area contributed by atoms with Gasteiger partial charge in [-0.2, -0.15) is 4.98 Å². The van der Waals surface area contributed by atoms with E-state index in [4.69, 9.17) is 10.5 Å². The fraction of sp³-hybridized carbons (Fsp3) is 0.478. The lowest BCUT2D eigenvalue weighted by Gasteiger charge is -2.29. The SMILES string of the molecule is NC(=O)C1CCC(n2c(Nc3c(F)cccc3F)nc3cnc(N[C@H]4CCO[C@@H](F)C4)nc32)CC1. The lowest BCUT2D eigenvalue weighted by atomic mass is 9.85. The molecule has 1 saturated carbocycles. The molecule has 12 heteroatoms. The van der Waals surface area contributed by atoms with E-state index in [1.165, 1.54) is 12.3 Å². The Labute approximate surface area is 199 Å². The topological polar surface area (TPSA) is 120 Å². The van der Waals surface area contributed by atoms with E-state index >= 15 is 0 Å². The Bertz CT molecular complexity index is 1210. The van der Waals surface area contributed by atoms with E-state index in [0.717, 1.165) is 12.1 Å². The minimum absolute atomic E-state index is 0.131. The first-order valence-electron chi connectivity index (χ1n) is 11.7. The van der Waals surface area contributed by atoms with E-state index in [1.54, 1.807) is 4.57 Å². The van der Waals surface area contributed by atoms with Crippen molar-refractivity contribution < 1.29 is 22.7 Å². The van der Waals surface area contributed by atoms with Crippen LogP contribution in [0.1, 0.15) is 44.6 Å². The van der Waals surface area contributed by atoms with Crippen LogP contribution in [0.15, 0.2) is 24.4 Å². The number of nitrogens with one attached hydrogen (secondary N) is 2. The molecular weight excluding hydrogens is 463 g/mol. The molecule has 9 nitrogen and oxygen atoms in total. The highest BCUT2D eigenvalue weighted by Crippen LogP contribution is 2.37. The maximum Gasteiger partial charge on any atom is 0.224 e. The van der Waals surface area contributed by atoms with Gasteiger partial charge in [0.2, 0.25) is 24.2 Å². The van der Waals surface area contributed by atoms with Crippen LogP contribution in [0.5, 0.6) is 0 Å². The standard InChI is InChI=1S/C23H26F3N7O2/c24-15-2-1-3-16(25)19(15)31-23-30-17-11-28-22(29-13-8-9-35-18(26)10-13)32-21(17)33(23)14-6-4-12(5-7-14)20(27)34/h1-3,11-14,18H,4-10H2,(H2,27,34)(H,30,31)(H,28,29,32)/t12?,13-,14?,18+/m0/s1. The molecule has 35 heavy (non-hydrogen) atoms. The number of aromatic nitrogens is 4. The van der Waals surface area contributed by atoms with E-state index in [-0.39, 0.29) is 42.0 Å². The number of imidazole rings is 1. The van der Waals surface area contributed by atoms with Crippen LogP contribution in [-0.4, -0.2) is 44.4 Å². The number of amides is 1. The maximum atomic E-state index is 14.4. The monoisotopic (exact) mass is 489 g/mol. The Morgan fingerprint density at radius 1 is 1.11 bits per heavy atom. The lowest BCUT2D eigenvalue weighted by molar-refractivity contribution is -0.122. The summed E-state index contributed by atoms with van der Waals surface area (Å²) >= 11 is 0. The summed E-state index contributed by atoms with van der Waals surface area (Å²) in [6, 6.07) is 3.28. The molecule has 2 atom stereocenters. The second kappa shape index (κ2) is 9.68. The van der Waals surface area contributed by atoms with Crippen LogP contribution in [0.4, 0.5) is 30.8 Å². The normalized spacial score (nSPS) is 24.9. The molecule has 1 aliphatic carbocycles. The number of benzene rings is 1. The second-order valence-electron chi connectivity index (χ2n) is 8.98. The van der Waals surface area contributed by atoms with Gasteiger partial charge in [0.05, 0.1) is 12.8 Å². The van der Waals surface area contributed by atoms with Crippen LogP contribution in [0, 0.1) is 17.6 Å². The number of primary amides is 1. The summed E-state index contributed by atoms with van der Waals surface area (Å²) in [5.41, 5.74) is 6.06. The highest BCUT2D eigenvalue weighted by Gasteiger charge is 2.30. The quantitative estimate of drug-likeness (QED) is 0.480. The number of anilines is 3. The smallest absolute Gasteiger partial charge is 0.224 e. The third-order valence-corrected chi connectivity index (χ3v) is 6.66. The summed E-state index contributed by atoms with van der Waals surface area (Å²) in [6.07, 6.45) is 3.36. The third-order valence-electron chi connectivity index (χ3n) is 6.66. The Morgan fingerprint density at radius 2 is 1.86 bits per heavy atom. The molecule has 1 amide bonds. The summed E-state index contributed by atoms with van der Waals surface area (Å²) in [5, 5.41) is 5.94. The first kappa shape index (κ1) is 23.3. The zero-order valence-electron chi connectivity index (χ0n) is 18.9. The van der Waals surface area contributed by atoms with Crippen molar-refractivity contribution in [1.82, 2.24) is 19.5 Å². The molecular formula is C23H26F3N7O2. The Hall–Kier alpha value is -3.41. The van der Waals surface area contributed by atoms with Crippen LogP contribution >= 0.6 is 0 Å². The van der Waals surface area contributed by atoms with Crippen LogP contribution in [0.2, 0.25) is 0 Å². The van der Waals surface area contributed by atoms with Crippen molar-refractivity contribution in [2.24, 2.45) is 11.7 Å². The molecule has 2 fully saturated rings. The first-order valence-corrected chi connectivity index (χ1v) is 11.7. The number of carbonyl (C=O) groups excluding carboxylic acids is 1. The number of rotatable bonds is 6. The van der Waals surface area contributed by atoms with Gasteiger partial charge in [-0.25, -0.2) is 23.1 Å². The summed E-state index contributed by atoms with van der Waals surface area (Å²) in [6.45, 7) is 0.296. The molecule has 0 bridgehead atoms. The van der Waals surface area contributed by atoms with Crippen LogP contribution < -0.4 is 16.4 Å². The number of nitrogens with two attached hydrogens (primary N) is 1. The largest absolute Gasteiger partial charge is 0.369 e. The van der Waals surface area contributed by atoms with E-state index in [0.29, 0.717) is 55.8 Å². The van der Waals surface area contributed by atoms with Crippen molar-refractivity contribution in [1.29, 1.82) is 0 Å². The van der Waals surface area contributed by atoms with Gasteiger partial charge in [0, 0.05) is 24.4 Å². The number of carbonyl (C=O) groups is 1. The van der Waals surface area contributed by atoms with Crippen LogP contribution in [0.25, 0.3) is 11.2 Å². The van der Waals surface area contributed by atoms with Crippen molar-refractivity contribution in [3.05, 3.63) is 36.0 Å². The minimum Gasteiger partial charge on any atom is -0.369 e. The molecule has 3 aromatic rings. The molecule has 186 valence electrons.